The molecule has 0 saturated carbocycles. The molecule has 0 aliphatic carbocycles. The molecule has 0 bridgehead atoms. The molecule has 2 aromatic rings. The zero-order valence-corrected chi connectivity index (χ0v) is 14.7. The number of hydrogen-bond acceptors (Lipinski definition) is 3. The van der Waals surface area contributed by atoms with Gasteiger partial charge in [-0.2, -0.15) is 0 Å². The molecule has 1 heterocycles. The summed E-state index contributed by atoms with van der Waals surface area (Å²) in [4.78, 5) is 39.6. The van der Waals surface area contributed by atoms with Crippen molar-refractivity contribution in [1.82, 2.24) is 9.80 Å². The monoisotopic (exact) mass is 356 g/mol. The average Bonchev–Trinajstić information content (AvgIpc) is 2.83. The first-order chi connectivity index (χ1) is 11.9. The molecular formula is C19H17ClN2O3. The Kier molecular flexibility index (Phi) is 4.59. The van der Waals surface area contributed by atoms with E-state index >= 15 is 0 Å². The van der Waals surface area contributed by atoms with Crippen molar-refractivity contribution in [3.8, 4) is 0 Å². The minimum atomic E-state index is -0.382. The Labute approximate surface area is 150 Å². The Morgan fingerprint density at radius 2 is 1.80 bits per heavy atom. The van der Waals surface area contributed by atoms with Crippen LogP contribution in [0.15, 0.2) is 42.5 Å². The van der Waals surface area contributed by atoms with Gasteiger partial charge in [0.1, 0.15) is 0 Å². The molecule has 0 radical (unpaired) electrons. The Hall–Kier alpha value is -2.66. The van der Waals surface area contributed by atoms with E-state index in [9.17, 15) is 14.4 Å². The second-order valence-corrected chi connectivity index (χ2v) is 6.32. The smallest absolute Gasteiger partial charge is 0.261 e. The van der Waals surface area contributed by atoms with E-state index in [-0.39, 0.29) is 23.3 Å². The number of halogens is 1. The highest BCUT2D eigenvalue weighted by Gasteiger charge is 2.33. The molecule has 3 amide bonds. The first-order valence-electron chi connectivity index (χ1n) is 7.92. The van der Waals surface area contributed by atoms with Gasteiger partial charge >= 0.3 is 0 Å². The van der Waals surface area contributed by atoms with E-state index in [0.717, 1.165) is 10.5 Å². The highest BCUT2D eigenvalue weighted by molar-refractivity contribution is 6.30. The number of carbonyl (C=O) groups excluding carboxylic acids is 3. The predicted octanol–water partition coefficient (Wildman–Crippen LogP) is 3.23. The molecule has 1 aliphatic rings. The lowest BCUT2D eigenvalue weighted by Crippen LogP contribution is -2.30. The lowest BCUT2D eigenvalue weighted by Gasteiger charge is -2.21. The van der Waals surface area contributed by atoms with Gasteiger partial charge in [-0.3, -0.25) is 19.3 Å². The van der Waals surface area contributed by atoms with Crippen LogP contribution in [-0.4, -0.2) is 41.1 Å². The van der Waals surface area contributed by atoms with Crippen LogP contribution in [0.4, 0.5) is 0 Å². The summed E-state index contributed by atoms with van der Waals surface area (Å²) in [5.74, 6) is -0.919. The minimum absolute atomic E-state index is 0.194. The van der Waals surface area contributed by atoms with Crippen molar-refractivity contribution in [1.29, 1.82) is 0 Å². The number of rotatable bonds is 4. The van der Waals surface area contributed by atoms with E-state index in [2.05, 4.69) is 0 Å². The van der Waals surface area contributed by atoms with Crippen molar-refractivity contribution in [3.63, 3.8) is 0 Å². The van der Waals surface area contributed by atoms with Crippen molar-refractivity contribution in [2.75, 3.05) is 13.6 Å². The lowest BCUT2D eigenvalue weighted by molar-refractivity contribution is 0.0692. The number of hydrogen-bond donors (Lipinski definition) is 0. The summed E-state index contributed by atoms with van der Waals surface area (Å²) in [6, 6.07) is 12.0. The molecule has 0 saturated heterocycles. The van der Waals surface area contributed by atoms with E-state index in [0.29, 0.717) is 29.2 Å². The maximum atomic E-state index is 12.8. The fourth-order valence-electron chi connectivity index (χ4n) is 2.86. The van der Waals surface area contributed by atoms with Gasteiger partial charge in [0, 0.05) is 30.7 Å². The molecule has 0 unspecified atom stereocenters. The maximum absolute atomic E-state index is 12.8. The first kappa shape index (κ1) is 17.2. The topological polar surface area (TPSA) is 57.7 Å². The molecule has 1 aliphatic heterocycles. The van der Waals surface area contributed by atoms with Crippen LogP contribution in [-0.2, 0) is 6.54 Å². The number of nitrogens with zero attached hydrogens (tertiary/aromatic N) is 2. The van der Waals surface area contributed by atoms with E-state index in [1.165, 1.54) is 13.1 Å². The van der Waals surface area contributed by atoms with Crippen LogP contribution < -0.4 is 0 Å². The lowest BCUT2D eigenvalue weighted by atomic mass is 10.0. The third-order valence-electron chi connectivity index (χ3n) is 4.27. The summed E-state index contributed by atoms with van der Waals surface area (Å²) < 4.78 is 0. The van der Waals surface area contributed by atoms with Crippen LogP contribution in [0.3, 0.4) is 0 Å². The van der Waals surface area contributed by atoms with Crippen LogP contribution in [0, 0.1) is 0 Å². The van der Waals surface area contributed by atoms with E-state index in [4.69, 9.17) is 11.6 Å². The Balaban J connectivity index is 1.87. The van der Waals surface area contributed by atoms with Gasteiger partial charge in [-0.05, 0) is 42.8 Å². The molecule has 0 N–H and O–H groups in total. The van der Waals surface area contributed by atoms with Crippen LogP contribution in [0.5, 0.6) is 0 Å². The van der Waals surface area contributed by atoms with Gasteiger partial charge in [0.15, 0.2) is 0 Å². The van der Waals surface area contributed by atoms with Gasteiger partial charge in [0.2, 0.25) is 0 Å². The summed E-state index contributed by atoms with van der Waals surface area (Å²) in [5.41, 5.74) is 1.92. The number of fused-ring (bicyclic) bond motifs is 1. The summed E-state index contributed by atoms with van der Waals surface area (Å²) in [6.45, 7) is 2.81. The molecule has 0 aromatic heterocycles. The molecule has 5 nitrogen and oxygen atoms in total. The summed E-state index contributed by atoms with van der Waals surface area (Å²) in [7, 11) is 1.43. The molecule has 25 heavy (non-hydrogen) atoms. The molecule has 128 valence electrons. The van der Waals surface area contributed by atoms with Gasteiger partial charge in [-0.15, -0.1) is 0 Å². The Bertz CT molecular complexity index is 879. The van der Waals surface area contributed by atoms with E-state index < -0.39 is 0 Å². The SMILES string of the molecule is CCN(Cc1cccc(Cl)c1)C(=O)c1ccc2c(c1)C(=O)N(C)C2=O. The molecular weight excluding hydrogens is 340 g/mol. The standard InChI is InChI=1S/C19H17ClN2O3/c1-3-22(11-12-5-4-6-14(20)9-12)17(23)13-7-8-15-16(10-13)19(25)21(2)18(15)24/h4-10H,3,11H2,1-2H3. The molecule has 2 aromatic carbocycles. The highest BCUT2D eigenvalue weighted by Crippen LogP contribution is 2.23. The number of amides is 3. The molecule has 0 atom stereocenters. The fourth-order valence-corrected chi connectivity index (χ4v) is 3.07. The van der Waals surface area contributed by atoms with Gasteiger partial charge in [0.05, 0.1) is 11.1 Å². The van der Waals surface area contributed by atoms with Crippen LogP contribution in [0.1, 0.15) is 43.6 Å². The van der Waals surface area contributed by atoms with Gasteiger partial charge < -0.3 is 4.90 Å². The Morgan fingerprint density at radius 1 is 1.08 bits per heavy atom. The first-order valence-corrected chi connectivity index (χ1v) is 8.30. The average molecular weight is 357 g/mol. The fraction of sp³-hybridized carbons (Fsp3) is 0.211. The second kappa shape index (κ2) is 6.69. The minimum Gasteiger partial charge on any atom is -0.335 e. The highest BCUT2D eigenvalue weighted by atomic mass is 35.5. The zero-order chi connectivity index (χ0) is 18.1. The summed E-state index contributed by atoms with van der Waals surface area (Å²) in [5, 5.41) is 0.616. The summed E-state index contributed by atoms with van der Waals surface area (Å²) >= 11 is 6.00. The third-order valence-corrected chi connectivity index (χ3v) is 4.50. The number of carbonyl (C=O) groups is 3. The van der Waals surface area contributed by atoms with Gasteiger partial charge in [-0.1, -0.05) is 23.7 Å². The second-order valence-electron chi connectivity index (χ2n) is 5.88. The van der Waals surface area contributed by atoms with Crippen molar-refractivity contribution >= 4 is 29.3 Å². The quantitative estimate of drug-likeness (QED) is 0.790. The molecule has 6 heteroatoms. The maximum Gasteiger partial charge on any atom is 0.261 e. The normalized spacial score (nSPS) is 13.2. The van der Waals surface area contributed by atoms with Crippen LogP contribution in [0.2, 0.25) is 5.02 Å². The third kappa shape index (κ3) is 3.15. The van der Waals surface area contributed by atoms with Gasteiger partial charge in [0.25, 0.3) is 17.7 Å². The van der Waals surface area contributed by atoms with Crippen molar-refractivity contribution in [2.24, 2.45) is 0 Å². The van der Waals surface area contributed by atoms with Crippen molar-refractivity contribution < 1.29 is 14.4 Å². The van der Waals surface area contributed by atoms with E-state index in [1.807, 2.05) is 25.1 Å². The molecule has 0 fully saturated rings. The molecule has 3 rings (SSSR count). The number of imide groups is 1. The summed E-state index contributed by atoms with van der Waals surface area (Å²) in [6.07, 6.45) is 0. The largest absolute Gasteiger partial charge is 0.335 e. The predicted molar refractivity (Wildman–Crippen MR) is 94.7 cm³/mol. The number of benzene rings is 2. The Morgan fingerprint density at radius 3 is 2.48 bits per heavy atom. The molecule has 0 spiro atoms. The zero-order valence-electron chi connectivity index (χ0n) is 14.0. The van der Waals surface area contributed by atoms with Crippen LogP contribution in [0.25, 0.3) is 0 Å². The van der Waals surface area contributed by atoms with Crippen molar-refractivity contribution in [3.05, 3.63) is 69.7 Å². The van der Waals surface area contributed by atoms with Crippen LogP contribution >= 0.6 is 11.6 Å². The van der Waals surface area contributed by atoms with Gasteiger partial charge in [-0.25, -0.2) is 0 Å². The van der Waals surface area contributed by atoms with Crippen molar-refractivity contribution in [2.45, 2.75) is 13.5 Å². The van der Waals surface area contributed by atoms with E-state index in [1.54, 1.807) is 23.1 Å².